The molecule has 0 saturated heterocycles. The fourth-order valence-electron chi connectivity index (χ4n) is 10.8. The maximum absolute atomic E-state index is 4.28. The van der Waals surface area contributed by atoms with Crippen LogP contribution < -0.4 is 0 Å². The third-order valence-electron chi connectivity index (χ3n) is 14.7. The molecule has 0 N–H and O–H groups in total. The fraction of sp³-hybridized carbons (Fsp3) is 0.0779. The molecule has 5 aliphatic rings. The second-order valence-corrected chi connectivity index (χ2v) is 19.3. The van der Waals surface area contributed by atoms with Gasteiger partial charge in [-0.3, -0.25) is 0 Å². The molecule has 2 heteroatoms. The van der Waals surface area contributed by atoms with Crippen molar-refractivity contribution in [3.8, 4) is 0 Å². The van der Waals surface area contributed by atoms with Gasteiger partial charge < -0.3 is 0 Å². The van der Waals surface area contributed by atoms with Crippen molar-refractivity contribution in [1.29, 1.82) is 0 Å². The number of allylic oxidation sites excluding steroid dienone is 8. The summed E-state index contributed by atoms with van der Waals surface area (Å²) in [5, 5.41) is 0. The molecule has 5 aliphatic carbocycles. The predicted molar refractivity (Wildman–Crippen MR) is 330 cm³/mol. The standard InChI is InChI=1S/C17H12.C15H14.2C15H12.C13H10.C2H4.2Y/c1-11-13-7-4-5-9-15(13)16-10-12-6-2-3-8-14(12)17(11)16;1-3-7-14-11-15-8-4-2-6-13(15)10-9-12(14)5-1;1-12-8-6-7-11-15(12)13(2)14-9-4-3-5-10-14;1-2-14-10-6-7-11-15(14)12-13-8-4-3-5-9-13;1-9-10-5-2-3-6-12(10)13-8-4-7-11(9)13;1-2;;/h2-9H,1,10H2;1-8H,9-11H2;3-9,11H,1-2H2;3-8,10-11H,1,12H2;2-7H,1,8H2;1-2H2;;/q;;2*-2;;;;. The van der Waals surface area contributed by atoms with Gasteiger partial charge in [0.25, 0.3) is 0 Å². The van der Waals surface area contributed by atoms with Crippen LogP contribution >= 0.6 is 0 Å². The minimum absolute atomic E-state index is 0. The minimum atomic E-state index is 0. The summed E-state index contributed by atoms with van der Waals surface area (Å²) in [4.78, 5) is 0. The van der Waals surface area contributed by atoms with E-state index in [0.717, 1.165) is 53.5 Å². The summed E-state index contributed by atoms with van der Waals surface area (Å²) >= 11 is 0. The van der Waals surface area contributed by atoms with E-state index >= 15 is 0 Å². The Bertz CT molecular complexity index is 3650. The largest absolute Gasteiger partial charge is 0.199 e. The van der Waals surface area contributed by atoms with E-state index < -0.39 is 0 Å². The van der Waals surface area contributed by atoms with E-state index in [2.05, 4.69) is 210 Å². The normalized spacial score (nSPS) is 12.8. The van der Waals surface area contributed by atoms with Crippen molar-refractivity contribution in [3.63, 3.8) is 0 Å². The molecule has 382 valence electrons. The third kappa shape index (κ3) is 14.1. The molecule has 14 rings (SSSR count). The second-order valence-electron chi connectivity index (χ2n) is 19.3. The molecule has 9 aromatic carbocycles. The van der Waals surface area contributed by atoms with E-state index in [-0.39, 0.29) is 65.4 Å². The molecule has 0 aromatic heterocycles. The quantitative estimate of drug-likeness (QED) is 0.119. The molecule has 0 atom stereocenters. The van der Waals surface area contributed by atoms with Crippen LogP contribution in [0.2, 0.25) is 0 Å². The zero-order chi connectivity index (χ0) is 53.5. The SMILES string of the molecule is C=C.C=C(c1[c-]cccc1)c1ccccc1[CH2-].C=C1C2=C(CC=C2)c2ccccc21.C=C1C2=C(Cc3ccccc32)c2ccccc21.C=[C-]c1ccccc1Cc1[c-]cccc1.[Y].[Y].c1ccc2c(c1)CCc1ccccc1C2. The van der Waals surface area contributed by atoms with Gasteiger partial charge in [0.15, 0.2) is 0 Å². The molecular formula is C77H64Y2-4. The molecule has 0 nitrogen and oxygen atoms in total. The number of aryl methyl sites for hydroxylation is 2. The van der Waals surface area contributed by atoms with Crippen molar-refractivity contribution in [2.24, 2.45) is 0 Å². The molecule has 0 fully saturated rings. The first-order valence-electron chi connectivity index (χ1n) is 26.4. The van der Waals surface area contributed by atoms with Gasteiger partial charge in [0.05, 0.1) is 0 Å². The molecule has 79 heavy (non-hydrogen) atoms. The Hall–Kier alpha value is -7.02. The first-order valence-corrected chi connectivity index (χ1v) is 26.4. The first kappa shape index (κ1) is 59.6. The predicted octanol–water partition coefficient (Wildman–Crippen LogP) is 18.9. The van der Waals surface area contributed by atoms with Gasteiger partial charge in [0.2, 0.25) is 0 Å². The van der Waals surface area contributed by atoms with Crippen molar-refractivity contribution < 1.29 is 65.4 Å². The van der Waals surface area contributed by atoms with Gasteiger partial charge in [-0.1, -0.05) is 165 Å². The average molecular weight is 1170 g/mol. The number of rotatable bonds is 5. The summed E-state index contributed by atoms with van der Waals surface area (Å²) < 4.78 is 0. The van der Waals surface area contributed by atoms with Crippen molar-refractivity contribution in [2.45, 2.75) is 38.5 Å². The topological polar surface area (TPSA) is 0 Å². The summed E-state index contributed by atoms with van der Waals surface area (Å²) in [6.07, 6.45) is 13.9. The van der Waals surface area contributed by atoms with E-state index in [1.165, 1.54) is 113 Å². The molecule has 0 spiro atoms. The Labute approximate surface area is 522 Å². The third-order valence-corrected chi connectivity index (χ3v) is 14.7. The number of hydrogen-bond donors (Lipinski definition) is 0. The number of hydrogen-bond acceptors (Lipinski definition) is 0. The molecule has 9 aromatic rings. The van der Waals surface area contributed by atoms with Crippen LogP contribution in [0.25, 0.3) is 33.4 Å². The van der Waals surface area contributed by atoms with Gasteiger partial charge in [-0.2, -0.15) is 95.4 Å². The van der Waals surface area contributed by atoms with Crippen LogP contribution in [0.15, 0.2) is 276 Å². The van der Waals surface area contributed by atoms with E-state index in [1.54, 1.807) is 0 Å². The van der Waals surface area contributed by atoms with Crippen molar-refractivity contribution in [1.82, 2.24) is 0 Å². The van der Waals surface area contributed by atoms with Gasteiger partial charge >= 0.3 is 0 Å². The average Bonchev–Trinajstić information content (AvgIpc) is 4.22. The molecule has 0 saturated carbocycles. The molecular weight excluding hydrogens is 1100 g/mol. The van der Waals surface area contributed by atoms with Crippen LogP contribution in [0, 0.1) is 25.1 Å². The summed E-state index contributed by atoms with van der Waals surface area (Å²) in [5.74, 6) is 0. The van der Waals surface area contributed by atoms with Crippen molar-refractivity contribution >= 4 is 33.4 Å². The monoisotopic (exact) mass is 1170 g/mol. The van der Waals surface area contributed by atoms with Crippen molar-refractivity contribution in [2.75, 3.05) is 0 Å². The molecule has 0 unspecified atom stereocenters. The summed E-state index contributed by atoms with van der Waals surface area (Å²) in [7, 11) is 0. The maximum Gasteiger partial charge on any atom is 0 e. The Kier molecular flexibility index (Phi) is 22.1. The Morgan fingerprint density at radius 1 is 0.494 bits per heavy atom. The van der Waals surface area contributed by atoms with E-state index in [9.17, 15) is 0 Å². The Morgan fingerprint density at radius 2 is 1.00 bits per heavy atom. The summed E-state index contributed by atoms with van der Waals surface area (Å²) in [5.41, 5.74) is 29.9. The van der Waals surface area contributed by atoms with Crippen LogP contribution in [0.3, 0.4) is 0 Å². The van der Waals surface area contributed by atoms with Gasteiger partial charge in [0, 0.05) is 65.4 Å². The molecule has 0 bridgehead atoms. The molecule has 0 aliphatic heterocycles. The molecule has 0 amide bonds. The smallest absolute Gasteiger partial charge is 0 e. The fourth-order valence-corrected chi connectivity index (χ4v) is 10.8. The van der Waals surface area contributed by atoms with Crippen LogP contribution in [0.5, 0.6) is 0 Å². The minimum Gasteiger partial charge on any atom is -0.199 e. The van der Waals surface area contributed by atoms with Crippen LogP contribution in [0.1, 0.15) is 95.4 Å². The number of benzene rings is 9. The first-order chi connectivity index (χ1) is 37.9. The van der Waals surface area contributed by atoms with Crippen LogP contribution in [-0.2, 0) is 97.5 Å². The van der Waals surface area contributed by atoms with Crippen molar-refractivity contribution in [3.05, 3.63) is 390 Å². The van der Waals surface area contributed by atoms with Crippen LogP contribution in [0.4, 0.5) is 0 Å². The van der Waals surface area contributed by atoms with E-state index in [1.807, 2.05) is 84.9 Å². The van der Waals surface area contributed by atoms with E-state index in [4.69, 9.17) is 0 Å². The maximum atomic E-state index is 4.28. The summed E-state index contributed by atoms with van der Waals surface area (Å²) in [6, 6.07) is 81.9. The van der Waals surface area contributed by atoms with Gasteiger partial charge in [-0.15, -0.1) is 79.9 Å². The van der Waals surface area contributed by atoms with Gasteiger partial charge in [-0.05, 0) is 121 Å². The second kappa shape index (κ2) is 29.3. The number of fused-ring (bicyclic) bond motifs is 8. The Morgan fingerprint density at radius 3 is 1.61 bits per heavy atom. The van der Waals surface area contributed by atoms with Gasteiger partial charge in [0.1, 0.15) is 0 Å². The molecule has 0 heterocycles. The van der Waals surface area contributed by atoms with Gasteiger partial charge in [-0.25, -0.2) is 0 Å². The zero-order valence-corrected chi connectivity index (χ0v) is 51.0. The summed E-state index contributed by atoms with van der Waals surface area (Å²) in [6.45, 7) is 26.2. The van der Waals surface area contributed by atoms with E-state index in [0.29, 0.717) is 0 Å². The zero-order valence-electron chi connectivity index (χ0n) is 45.3. The molecule has 2 radical (unpaired) electrons. The Balaban J connectivity index is 0.000000141. The van der Waals surface area contributed by atoms with Crippen LogP contribution in [-0.4, -0.2) is 0 Å².